The lowest BCUT2D eigenvalue weighted by atomic mass is 9.83. The third-order valence-electron chi connectivity index (χ3n) is 3.69. The van der Waals surface area contributed by atoms with Crippen LogP contribution < -0.4 is 5.32 Å². The van der Waals surface area contributed by atoms with Crippen LogP contribution in [0.2, 0.25) is 0 Å². The van der Waals surface area contributed by atoms with Crippen LogP contribution in [0.5, 0.6) is 0 Å². The maximum absolute atomic E-state index is 5.44. The van der Waals surface area contributed by atoms with E-state index in [1.807, 2.05) is 0 Å². The van der Waals surface area contributed by atoms with Gasteiger partial charge in [0.25, 0.3) is 0 Å². The van der Waals surface area contributed by atoms with E-state index in [0.29, 0.717) is 6.54 Å². The zero-order valence-corrected chi connectivity index (χ0v) is 10.3. The van der Waals surface area contributed by atoms with Gasteiger partial charge in [0.2, 0.25) is 5.89 Å². The Balaban J connectivity index is 2.10. The molecule has 1 aliphatic carbocycles. The molecule has 4 nitrogen and oxygen atoms in total. The predicted octanol–water partition coefficient (Wildman–Crippen LogP) is 2.40. The lowest BCUT2D eigenvalue weighted by Gasteiger charge is -2.21. The summed E-state index contributed by atoms with van der Waals surface area (Å²) in [6, 6.07) is 0. The average Bonchev–Trinajstić information content (AvgIpc) is 2.95. The number of rotatable bonds is 5. The van der Waals surface area contributed by atoms with Crippen LogP contribution in [0.15, 0.2) is 4.52 Å². The molecule has 1 heterocycles. The highest BCUT2D eigenvalue weighted by Crippen LogP contribution is 2.42. The van der Waals surface area contributed by atoms with Gasteiger partial charge in [0.05, 0.1) is 6.54 Å². The van der Waals surface area contributed by atoms with Gasteiger partial charge in [0.1, 0.15) is 0 Å². The van der Waals surface area contributed by atoms with Gasteiger partial charge in [-0.3, -0.25) is 0 Å². The van der Waals surface area contributed by atoms with Crippen LogP contribution in [0.4, 0.5) is 0 Å². The van der Waals surface area contributed by atoms with Crippen molar-refractivity contribution in [3.05, 3.63) is 11.7 Å². The predicted molar refractivity (Wildman–Crippen MR) is 62.1 cm³/mol. The molecule has 2 rings (SSSR count). The van der Waals surface area contributed by atoms with E-state index in [9.17, 15) is 0 Å². The van der Waals surface area contributed by atoms with Gasteiger partial charge in [-0.2, -0.15) is 4.98 Å². The summed E-state index contributed by atoms with van der Waals surface area (Å²) < 4.78 is 5.44. The second-order valence-electron chi connectivity index (χ2n) is 4.64. The molecule has 0 saturated heterocycles. The monoisotopic (exact) mass is 223 g/mol. The number of nitrogens with zero attached hydrogens (tertiary/aromatic N) is 2. The standard InChI is InChI=1S/C12H21N3O/c1-3-12(7-5-6-8-12)11-14-10(15-16-11)9-13-4-2/h13H,3-9H2,1-2H3. The molecular weight excluding hydrogens is 202 g/mol. The van der Waals surface area contributed by atoms with Crippen LogP contribution in [-0.4, -0.2) is 16.7 Å². The minimum atomic E-state index is 0.178. The zero-order chi connectivity index (χ0) is 11.4. The van der Waals surface area contributed by atoms with Crippen LogP contribution in [0, 0.1) is 0 Å². The summed E-state index contributed by atoms with van der Waals surface area (Å²) in [7, 11) is 0. The lowest BCUT2D eigenvalue weighted by molar-refractivity contribution is 0.271. The van der Waals surface area contributed by atoms with Crippen LogP contribution in [0.25, 0.3) is 0 Å². The molecule has 4 heteroatoms. The van der Waals surface area contributed by atoms with Crippen molar-refractivity contribution < 1.29 is 4.52 Å². The Kier molecular flexibility index (Phi) is 3.59. The first kappa shape index (κ1) is 11.6. The molecule has 1 fully saturated rings. The minimum absolute atomic E-state index is 0.178. The second kappa shape index (κ2) is 4.95. The van der Waals surface area contributed by atoms with Crippen molar-refractivity contribution in [2.45, 2.75) is 57.9 Å². The van der Waals surface area contributed by atoms with E-state index in [-0.39, 0.29) is 5.41 Å². The first-order valence-corrected chi connectivity index (χ1v) is 6.34. The van der Waals surface area contributed by atoms with Crippen LogP contribution in [0.1, 0.15) is 57.7 Å². The number of aromatic nitrogens is 2. The second-order valence-corrected chi connectivity index (χ2v) is 4.64. The van der Waals surface area contributed by atoms with Gasteiger partial charge >= 0.3 is 0 Å². The topological polar surface area (TPSA) is 51.0 Å². The van der Waals surface area contributed by atoms with Gasteiger partial charge in [-0.1, -0.05) is 31.8 Å². The fourth-order valence-electron chi connectivity index (χ4n) is 2.55. The van der Waals surface area contributed by atoms with Gasteiger partial charge in [-0.25, -0.2) is 0 Å². The van der Waals surface area contributed by atoms with E-state index in [0.717, 1.165) is 24.7 Å². The molecule has 1 aromatic heterocycles. The third-order valence-corrected chi connectivity index (χ3v) is 3.69. The summed E-state index contributed by atoms with van der Waals surface area (Å²) in [5.41, 5.74) is 0.178. The van der Waals surface area contributed by atoms with Gasteiger partial charge in [-0.15, -0.1) is 0 Å². The summed E-state index contributed by atoms with van der Waals surface area (Å²) >= 11 is 0. The molecular formula is C12H21N3O. The molecule has 0 unspecified atom stereocenters. The minimum Gasteiger partial charge on any atom is -0.339 e. The molecule has 0 atom stereocenters. The number of nitrogens with one attached hydrogen (secondary N) is 1. The first-order chi connectivity index (χ1) is 7.80. The summed E-state index contributed by atoms with van der Waals surface area (Å²) in [5.74, 6) is 1.65. The molecule has 0 amide bonds. The van der Waals surface area contributed by atoms with Crippen molar-refractivity contribution >= 4 is 0 Å². The van der Waals surface area contributed by atoms with Gasteiger partial charge < -0.3 is 9.84 Å². The highest BCUT2D eigenvalue weighted by Gasteiger charge is 2.38. The molecule has 1 saturated carbocycles. The zero-order valence-electron chi connectivity index (χ0n) is 10.3. The van der Waals surface area contributed by atoms with Gasteiger partial charge in [0, 0.05) is 5.41 Å². The van der Waals surface area contributed by atoms with Crippen molar-refractivity contribution in [3.8, 4) is 0 Å². The van der Waals surface area contributed by atoms with E-state index in [2.05, 4.69) is 29.3 Å². The Hall–Kier alpha value is -0.900. The Morgan fingerprint density at radius 3 is 2.69 bits per heavy atom. The summed E-state index contributed by atoms with van der Waals surface area (Å²) in [5, 5.41) is 7.26. The number of hydrogen-bond acceptors (Lipinski definition) is 4. The highest BCUT2D eigenvalue weighted by atomic mass is 16.5. The van der Waals surface area contributed by atoms with Gasteiger partial charge in [0.15, 0.2) is 5.82 Å². The smallest absolute Gasteiger partial charge is 0.232 e. The molecule has 1 aromatic rings. The first-order valence-electron chi connectivity index (χ1n) is 6.34. The quantitative estimate of drug-likeness (QED) is 0.832. The largest absolute Gasteiger partial charge is 0.339 e. The molecule has 1 N–H and O–H groups in total. The Morgan fingerprint density at radius 2 is 2.06 bits per heavy atom. The molecule has 0 aliphatic heterocycles. The van der Waals surface area contributed by atoms with Crippen molar-refractivity contribution in [3.63, 3.8) is 0 Å². The summed E-state index contributed by atoms with van der Waals surface area (Å²) in [6.45, 7) is 5.94. The Morgan fingerprint density at radius 1 is 1.31 bits per heavy atom. The maximum Gasteiger partial charge on any atom is 0.232 e. The normalized spacial score (nSPS) is 19.1. The van der Waals surface area contributed by atoms with Crippen molar-refractivity contribution in [2.75, 3.05) is 6.54 Å². The van der Waals surface area contributed by atoms with E-state index in [1.165, 1.54) is 25.7 Å². The van der Waals surface area contributed by atoms with Crippen molar-refractivity contribution in [2.24, 2.45) is 0 Å². The van der Waals surface area contributed by atoms with Crippen molar-refractivity contribution in [1.82, 2.24) is 15.5 Å². The highest BCUT2D eigenvalue weighted by molar-refractivity contribution is 5.07. The van der Waals surface area contributed by atoms with Crippen molar-refractivity contribution in [1.29, 1.82) is 0 Å². The molecule has 1 aliphatic rings. The maximum atomic E-state index is 5.44. The number of hydrogen-bond donors (Lipinski definition) is 1. The van der Waals surface area contributed by atoms with E-state index < -0.39 is 0 Å². The van der Waals surface area contributed by atoms with Gasteiger partial charge in [-0.05, 0) is 25.8 Å². The third kappa shape index (κ3) is 2.12. The molecule has 0 bridgehead atoms. The molecule has 0 spiro atoms. The molecule has 90 valence electrons. The van der Waals surface area contributed by atoms with Crippen LogP contribution in [-0.2, 0) is 12.0 Å². The molecule has 0 radical (unpaired) electrons. The van der Waals surface area contributed by atoms with E-state index in [1.54, 1.807) is 0 Å². The summed E-state index contributed by atoms with van der Waals surface area (Å²) in [6.07, 6.45) is 6.09. The van der Waals surface area contributed by atoms with Crippen LogP contribution >= 0.6 is 0 Å². The fourth-order valence-corrected chi connectivity index (χ4v) is 2.55. The molecule has 16 heavy (non-hydrogen) atoms. The van der Waals surface area contributed by atoms with Crippen LogP contribution in [0.3, 0.4) is 0 Å². The summed E-state index contributed by atoms with van der Waals surface area (Å²) in [4.78, 5) is 4.53. The lowest BCUT2D eigenvalue weighted by Crippen LogP contribution is -2.21. The Bertz CT molecular complexity index is 329. The van der Waals surface area contributed by atoms with E-state index in [4.69, 9.17) is 4.52 Å². The SMILES string of the molecule is CCNCc1noc(C2(CC)CCCC2)n1. The van der Waals surface area contributed by atoms with E-state index >= 15 is 0 Å². The average molecular weight is 223 g/mol. The fraction of sp³-hybridized carbons (Fsp3) is 0.833. The molecule has 0 aromatic carbocycles. The Labute approximate surface area is 96.8 Å².